The number of piperazine rings is 1. The number of rotatable bonds is 3. The molecule has 3 nitrogen and oxygen atoms in total. The number of nitrogens with zero attached hydrogens (tertiary/aromatic N) is 2. The van der Waals surface area contributed by atoms with Gasteiger partial charge in [-0.1, -0.05) is 30.3 Å². The molecule has 0 bridgehead atoms. The van der Waals surface area contributed by atoms with Crippen LogP contribution in [0.5, 0.6) is 0 Å². The third-order valence-electron chi connectivity index (χ3n) is 4.44. The van der Waals surface area contributed by atoms with Crippen molar-refractivity contribution in [2.24, 2.45) is 0 Å². The summed E-state index contributed by atoms with van der Waals surface area (Å²) in [5.41, 5.74) is 1.51. The summed E-state index contributed by atoms with van der Waals surface area (Å²) in [6.45, 7) is 8.82. The van der Waals surface area contributed by atoms with E-state index in [1.54, 1.807) is 0 Å². The highest BCUT2D eigenvalue weighted by Crippen LogP contribution is 2.37. The first kappa shape index (κ1) is 13.1. The number of ether oxygens (including phenoxy) is 1. The van der Waals surface area contributed by atoms with Gasteiger partial charge in [-0.15, -0.1) is 0 Å². The van der Waals surface area contributed by atoms with Crippen LogP contribution >= 0.6 is 0 Å². The molecule has 0 aromatic heterocycles. The van der Waals surface area contributed by atoms with Gasteiger partial charge in [-0.2, -0.15) is 0 Å². The molecule has 3 heteroatoms. The van der Waals surface area contributed by atoms with Crippen LogP contribution in [0.4, 0.5) is 0 Å². The Morgan fingerprint density at radius 2 is 1.89 bits per heavy atom. The molecular weight excluding hydrogens is 236 g/mol. The second kappa shape index (κ2) is 4.89. The lowest BCUT2D eigenvalue weighted by molar-refractivity contribution is 0.0830. The van der Waals surface area contributed by atoms with Crippen molar-refractivity contribution in [3.8, 4) is 0 Å². The van der Waals surface area contributed by atoms with Gasteiger partial charge in [0.15, 0.2) is 0 Å². The van der Waals surface area contributed by atoms with Gasteiger partial charge in [0.05, 0.1) is 11.7 Å². The van der Waals surface area contributed by atoms with Gasteiger partial charge >= 0.3 is 0 Å². The van der Waals surface area contributed by atoms with Gasteiger partial charge < -0.3 is 9.64 Å². The molecule has 0 amide bonds. The standard InChI is InChI=1S/C16H24N2O/c1-16(2)15(19-16)12-18-10-9-17(3)11-14(18)13-7-5-4-6-8-13/h4-8,14-15H,9-12H2,1-3H3. The normalized spacial score (nSPS) is 31.3. The molecule has 2 unspecified atom stereocenters. The van der Waals surface area contributed by atoms with Crippen molar-refractivity contribution in [2.75, 3.05) is 33.2 Å². The SMILES string of the molecule is CN1CCN(CC2OC2(C)C)C(c2ccccc2)C1. The van der Waals surface area contributed by atoms with Crippen LogP contribution in [0.15, 0.2) is 30.3 Å². The molecule has 1 aromatic carbocycles. The predicted octanol–water partition coefficient (Wildman–Crippen LogP) is 2.15. The van der Waals surface area contributed by atoms with E-state index in [1.807, 2.05) is 0 Å². The van der Waals surface area contributed by atoms with Crippen molar-refractivity contribution in [3.05, 3.63) is 35.9 Å². The summed E-state index contributed by atoms with van der Waals surface area (Å²) in [5, 5.41) is 0. The summed E-state index contributed by atoms with van der Waals surface area (Å²) in [7, 11) is 2.21. The molecule has 0 N–H and O–H groups in total. The Bertz CT molecular complexity index is 432. The van der Waals surface area contributed by atoms with E-state index < -0.39 is 0 Å². The fourth-order valence-electron chi connectivity index (χ4n) is 2.97. The Kier molecular flexibility index (Phi) is 3.37. The average Bonchev–Trinajstić information content (AvgIpc) is 3.00. The van der Waals surface area contributed by atoms with Crippen LogP contribution in [0.1, 0.15) is 25.5 Å². The molecule has 0 saturated carbocycles. The highest BCUT2D eigenvalue weighted by molar-refractivity contribution is 5.20. The molecule has 19 heavy (non-hydrogen) atoms. The minimum absolute atomic E-state index is 0.0879. The topological polar surface area (TPSA) is 19.0 Å². The molecule has 2 saturated heterocycles. The molecular formula is C16H24N2O. The number of benzene rings is 1. The van der Waals surface area contributed by atoms with Gasteiger partial charge in [-0.25, -0.2) is 0 Å². The Morgan fingerprint density at radius 3 is 2.53 bits per heavy atom. The molecule has 2 atom stereocenters. The van der Waals surface area contributed by atoms with Gasteiger partial charge in [-0.3, -0.25) is 4.90 Å². The first-order valence-corrected chi connectivity index (χ1v) is 7.21. The van der Waals surface area contributed by atoms with E-state index in [-0.39, 0.29) is 5.60 Å². The van der Waals surface area contributed by atoms with Gasteiger partial charge in [0.2, 0.25) is 0 Å². The first-order valence-electron chi connectivity index (χ1n) is 7.21. The Balaban J connectivity index is 1.73. The minimum atomic E-state index is 0.0879. The van der Waals surface area contributed by atoms with Crippen molar-refractivity contribution < 1.29 is 4.74 Å². The van der Waals surface area contributed by atoms with Crippen LogP contribution in [0.25, 0.3) is 0 Å². The average molecular weight is 260 g/mol. The molecule has 3 rings (SSSR count). The fraction of sp³-hybridized carbons (Fsp3) is 0.625. The van der Waals surface area contributed by atoms with E-state index in [0.29, 0.717) is 12.1 Å². The second-order valence-corrected chi connectivity index (χ2v) is 6.39. The Hall–Kier alpha value is -0.900. The summed E-state index contributed by atoms with van der Waals surface area (Å²) in [4.78, 5) is 5.02. The molecule has 2 heterocycles. The molecule has 0 spiro atoms. The van der Waals surface area contributed by atoms with E-state index in [0.717, 1.165) is 26.2 Å². The van der Waals surface area contributed by atoms with Crippen molar-refractivity contribution >= 4 is 0 Å². The highest BCUT2D eigenvalue weighted by atomic mass is 16.6. The minimum Gasteiger partial charge on any atom is -0.365 e. The third-order valence-corrected chi connectivity index (χ3v) is 4.44. The summed E-state index contributed by atoms with van der Waals surface area (Å²) in [5.74, 6) is 0. The Labute approximate surface area is 116 Å². The van der Waals surface area contributed by atoms with E-state index in [4.69, 9.17) is 4.74 Å². The molecule has 2 aliphatic rings. The summed E-state index contributed by atoms with van der Waals surface area (Å²) in [6.07, 6.45) is 0.405. The summed E-state index contributed by atoms with van der Waals surface area (Å²) >= 11 is 0. The zero-order chi connectivity index (χ0) is 13.5. The second-order valence-electron chi connectivity index (χ2n) is 6.39. The van der Waals surface area contributed by atoms with Gasteiger partial charge in [-0.05, 0) is 26.5 Å². The Morgan fingerprint density at radius 1 is 1.21 bits per heavy atom. The van der Waals surface area contributed by atoms with Gasteiger partial charge in [0.25, 0.3) is 0 Å². The van der Waals surface area contributed by atoms with Crippen molar-refractivity contribution in [1.29, 1.82) is 0 Å². The zero-order valence-corrected chi connectivity index (χ0v) is 12.2. The van der Waals surface area contributed by atoms with Gasteiger partial charge in [0.1, 0.15) is 0 Å². The quantitative estimate of drug-likeness (QED) is 0.776. The van der Waals surface area contributed by atoms with Crippen LogP contribution in [0.3, 0.4) is 0 Å². The lowest BCUT2D eigenvalue weighted by Gasteiger charge is -2.40. The maximum atomic E-state index is 5.76. The smallest absolute Gasteiger partial charge is 0.0994 e. The van der Waals surface area contributed by atoms with Crippen LogP contribution < -0.4 is 0 Å². The number of likely N-dealkylation sites (N-methyl/N-ethyl adjacent to an activating group) is 1. The zero-order valence-electron chi connectivity index (χ0n) is 12.2. The predicted molar refractivity (Wildman–Crippen MR) is 77.2 cm³/mol. The molecule has 2 aliphatic heterocycles. The van der Waals surface area contributed by atoms with Crippen LogP contribution in [-0.2, 0) is 4.74 Å². The fourth-order valence-corrected chi connectivity index (χ4v) is 2.97. The number of epoxide rings is 1. The van der Waals surface area contributed by atoms with E-state index in [1.165, 1.54) is 5.56 Å². The van der Waals surface area contributed by atoms with Crippen LogP contribution in [0.2, 0.25) is 0 Å². The van der Waals surface area contributed by atoms with Crippen molar-refractivity contribution in [3.63, 3.8) is 0 Å². The molecule has 104 valence electrons. The van der Waals surface area contributed by atoms with E-state index >= 15 is 0 Å². The lowest BCUT2D eigenvalue weighted by atomic mass is 10.0. The van der Waals surface area contributed by atoms with Crippen LogP contribution in [-0.4, -0.2) is 54.7 Å². The van der Waals surface area contributed by atoms with Crippen molar-refractivity contribution in [1.82, 2.24) is 9.80 Å². The molecule has 0 radical (unpaired) electrons. The molecule has 1 aromatic rings. The highest BCUT2D eigenvalue weighted by Gasteiger charge is 2.49. The molecule has 0 aliphatic carbocycles. The van der Waals surface area contributed by atoms with Crippen LogP contribution in [0, 0.1) is 0 Å². The van der Waals surface area contributed by atoms with E-state index in [9.17, 15) is 0 Å². The monoisotopic (exact) mass is 260 g/mol. The lowest BCUT2D eigenvalue weighted by Crippen LogP contribution is -2.48. The first-order chi connectivity index (χ1) is 9.06. The summed E-state index contributed by atoms with van der Waals surface area (Å²) in [6, 6.07) is 11.4. The third kappa shape index (κ3) is 2.83. The maximum Gasteiger partial charge on any atom is 0.0994 e. The number of hydrogen-bond donors (Lipinski definition) is 0. The van der Waals surface area contributed by atoms with Crippen molar-refractivity contribution in [2.45, 2.75) is 31.6 Å². The van der Waals surface area contributed by atoms with E-state index in [2.05, 4.69) is 61.0 Å². The maximum absolute atomic E-state index is 5.76. The number of hydrogen-bond acceptors (Lipinski definition) is 3. The largest absolute Gasteiger partial charge is 0.365 e. The van der Waals surface area contributed by atoms with Gasteiger partial charge in [0, 0.05) is 32.2 Å². The summed E-state index contributed by atoms with van der Waals surface area (Å²) < 4.78 is 5.76. The molecule has 2 fully saturated rings.